The summed E-state index contributed by atoms with van der Waals surface area (Å²) in [5.41, 5.74) is 0. The van der Waals surface area contributed by atoms with Crippen LogP contribution in [0.3, 0.4) is 0 Å². The zero-order chi connectivity index (χ0) is 15.2. The van der Waals surface area contributed by atoms with Gasteiger partial charge in [0.15, 0.2) is 0 Å². The number of sulfonamides is 1. The summed E-state index contributed by atoms with van der Waals surface area (Å²) in [5, 5.41) is 4.76. The van der Waals surface area contributed by atoms with Gasteiger partial charge in [-0.25, -0.2) is 17.9 Å². The molecule has 0 bridgehead atoms. The molecule has 0 fully saturated rings. The van der Waals surface area contributed by atoms with Crippen molar-refractivity contribution in [2.24, 2.45) is 0 Å². The van der Waals surface area contributed by atoms with E-state index in [4.69, 9.17) is 0 Å². The number of carbonyl (C=O) groups excluding carboxylic acids is 1. The fourth-order valence-corrected chi connectivity index (χ4v) is 3.92. The highest BCUT2D eigenvalue weighted by atomic mass is 32.2. The van der Waals surface area contributed by atoms with Gasteiger partial charge in [0.2, 0.25) is 10.0 Å². The Morgan fingerprint density at radius 3 is 2.70 bits per heavy atom. The molecule has 0 amide bonds. The fourth-order valence-electron chi connectivity index (χ4n) is 1.51. The molecule has 0 saturated carbocycles. The first-order valence-corrected chi connectivity index (χ1v) is 8.63. The molecular formula is C12H20N2O4S2. The van der Waals surface area contributed by atoms with Crippen LogP contribution in [-0.4, -0.2) is 40.6 Å². The number of nitrogens with one attached hydrogen (secondary N) is 2. The Hall–Kier alpha value is -0.960. The maximum atomic E-state index is 12.1. The van der Waals surface area contributed by atoms with Gasteiger partial charge < -0.3 is 10.1 Å². The van der Waals surface area contributed by atoms with Gasteiger partial charge in [-0.15, -0.1) is 11.3 Å². The molecule has 6 nitrogen and oxygen atoms in total. The number of hydrogen-bond acceptors (Lipinski definition) is 6. The molecule has 0 radical (unpaired) electrons. The number of thiophene rings is 1. The summed E-state index contributed by atoms with van der Waals surface area (Å²) in [4.78, 5) is 11.6. The maximum Gasteiger partial charge on any atom is 0.349 e. The Morgan fingerprint density at radius 2 is 2.10 bits per heavy atom. The van der Waals surface area contributed by atoms with E-state index >= 15 is 0 Å². The van der Waals surface area contributed by atoms with Crippen LogP contribution < -0.4 is 10.0 Å². The summed E-state index contributed by atoms with van der Waals surface area (Å²) >= 11 is 1.05. The van der Waals surface area contributed by atoms with Crippen LogP contribution in [0.1, 0.15) is 29.9 Å². The van der Waals surface area contributed by atoms with Gasteiger partial charge in [-0.3, -0.25) is 0 Å². The zero-order valence-corrected chi connectivity index (χ0v) is 13.4. The Kier molecular flexibility index (Phi) is 6.60. The largest absolute Gasteiger partial charge is 0.465 e. The monoisotopic (exact) mass is 320 g/mol. The van der Waals surface area contributed by atoms with Crippen LogP contribution in [0.15, 0.2) is 16.3 Å². The normalized spacial score (nSPS) is 11.8. The Bertz CT molecular complexity index is 537. The molecule has 20 heavy (non-hydrogen) atoms. The zero-order valence-electron chi connectivity index (χ0n) is 11.8. The minimum atomic E-state index is -3.67. The van der Waals surface area contributed by atoms with Gasteiger partial charge in [-0.2, -0.15) is 0 Å². The highest BCUT2D eigenvalue weighted by molar-refractivity contribution is 7.89. The predicted octanol–water partition coefficient (Wildman–Crippen LogP) is 1.20. The van der Waals surface area contributed by atoms with E-state index in [1.807, 2.05) is 13.8 Å². The van der Waals surface area contributed by atoms with Crippen molar-refractivity contribution in [1.82, 2.24) is 10.0 Å². The molecule has 114 valence electrons. The number of esters is 1. The number of rotatable bonds is 8. The topological polar surface area (TPSA) is 84.5 Å². The van der Waals surface area contributed by atoms with Gasteiger partial charge in [0.1, 0.15) is 9.77 Å². The van der Waals surface area contributed by atoms with Gasteiger partial charge in [-0.05, 0) is 24.4 Å². The molecule has 1 aromatic heterocycles. The van der Waals surface area contributed by atoms with Crippen molar-refractivity contribution in [3.05, 3.63) is 16.3 Å². The maximum absolute atomic E-state index is 12.1. The van der Waals surface area contributed by atoms with Crippen LogP contribution in [0.2, 0.25) is 0 Å². The first kappa shape index (κ1) is 17.1. The van der Waals surface area contributed by atoms with E-state index in [2.05, 4.69) is 14.8 Å². The lowest BCUT2D eigenvalue weighted by Gasteiger charge is -2.09. The molecule has 2 N–H and O–H groups in total. The van der Waals surface area contributed by atoms with Crippen molar-refractivity contribution >= 4 is 27.3 Å². The minimum absolute atomic E-state index is 0.0221. The van der Waals surface area contributed by atoms with E-state index in [-0.39, 0.29) is 9.77 Å². The van der Waals surface area contributed by atoms with Crippen molar-refractivity contribution in [2.45, 2.75) is 31.2 Å². The van der Waals surface area contributed by atoms with Crippen molar-refractivity contribution < 1.29 is 17.9 Å². The summed E-state index contributed by atoms with van der Waals surface area (Å²) in [5.74, 6) is -0.637. The van der Waals surface area contributed by atoms with Crippen LogP contribution in [0, 0.1) is 0 Å². The molecular weight excluding hydrogens is 300 g/mol. The molecule has 0 aromatic carbocycles. The first-order chi connectivity index (χ1) is 9.38. The van der Waals surface area contributed by atoms with Crippen LogP contribution >= 0.6 is 11.3 Å². The van der Waals surface area contributed by atoms with Gasteiger partial charge >= 0.3 is 5.97 Å². The van der Waals surface area contributed by atoms with Crippen LogP contribution in [0.5, 0.6) is 0 Å². The van der Waals surface area contributed by atoms with Crippen LogP contribution in [0.25, 0.3) is 0 Å². The Labute approximate surface area is 123 Å². The van der Waals surface area contributed by atoms with Gasteiger partial charge in [-0.1, -0.05) is 13.8 Å². The first-order valence-electron chi connectivity index (χ1n) is 6.27. The highest BCUT2D eigenvalue weighted by Gasteiger charge is 2.24. The number of ether oxygens (including phenoxy) is 1. The van der Waals surface area contributed by atoms with Gasteiger partial charge in [0, 0.05) is 12.6 Å². The quantitative estimate of drug-likeness (QED) is 0.555. The highest BCUT2D eigenvalue weighted by Crippen LogP contribution is 2.22. The molecule has 0 unspecified atom stereocenters. The summed E-state index contributed by atoms with van der Waals surface area (Å²) in [6, 6.07) is 1.78. The minimum Gasteiger partial charge on any atom is -0.465 e. The van der Waals surface area contributed by atoms with E-state index in [9.17, 15) is 13.2 Å². The lowest BCUT2D eigenvalue weighted by Crippen LogP contribution is -2.30. The van der Waals surface area contributed by atoms with Crippen molar-refractivity contribution in [1.29, 1.82) is 0 Å². The average molecular weight is 320 g/mol. The van der Waals surface area contributed by atoms with Crippen molar-refractivity contribution in [2.75, 3.05) is 20.2 Å². The summed E-state index contributed by atoms with van der Waals surface area (Å²) < 4.78 is 31.3. The number of carbonyl (C=O) groups is 1. The van der Waals surface area contributed by atoms with Crippen LogP contribution in [0.4, 0.5) is 0 Å². The predicted molar refractivity (Wildman–Crippen MR) is 78.6 cm³/mol. The second kappa shape index (κ2) is 7.72. The Balaban J connectivity index is 2.61. The molecule has 8 heteroatoms. The van der Waals surface area contributed by atoms with E-state index in [0.717, 1.165) is 17.9 Å². The van der Waals surface area contributed by atoms with E-state index < -0.39 is 16.0 Å². The van der Waals surface area contributed by atoms with E-state index in [0.29, 0.717) is 19.0 Å². The fraction of sp³-hybridized carbons (Fsp3) is 0.583. The SMILES string of the molecule is COC(=O)c1sccc1S(=O)(=O)NCCCNC(C)C. The molecule has 0 saturated heterocycles. The lowest BCUT2D eigenvalue weighted by molar-refractivity contribution is 0.0602. The third kappa shape index (κ3) is 4.86. The number of methoxy groups -OCH3 is 1. The summed E-state index contributed by atoms with van der Waals surface area (Å²) in [7, 11) is -2.45. The van der Waals surface area contributed by atoms with Crippen LogP contribution in [-0.2, 0) is 14.8 Å². The second-order valence-corrected chi connectivity index (χ2v) is 7.12. The van der Waals surface area contributed by atoms with Gasteiger partial charge in [0.05, 0.1) is 7.11 Å². The summed E-state index contributed by atoms with van der Waals surface area (Å²) in [6.45, 7) is 5.10. The lowest BCUT2D eigenvalue weighted by atomic mass is 10.3. The van der Waals surface area contributed by atoms with E-state index in [1.165, 1.54) is 13.2 Å². The summed E-state index contributed by atoms with van der Waals surface area (Å²) in [6.07, 6.45) is 0.676. The standard InChI is InChI=1S/C12H20N2O4S2/c1-9(2)13-6-4-7-14-20(16,17)10-5-8-19-11(10)12(15)18-3/h5,8-9,13-14H,4,6-7H2,1-3H3. The molecule has 0 atom stereocenters. The molecule has 1 heterocycles. The molecule has 0 aliphatic heterocycles. The number of hydrogen-bond donors (Lipinski definition) is 2. The second-order valence-electron chi connectivity index (χ2n) is 4.47. The smallest absolute Gasteiger partial charge is 0.349 e. The Morgan fingerprint density at radius 1 is 1.40 bits per heavy atom. The average Bonchev–Trinajstić information content (AvgIpc) is 2.87. The molecule has 0 spiro atoms. The van der Waals surface area contributed by atoms with E-state index in [1.54, 1.807) is 5.38 Å². The third-order valence-electron chi connectivity index (χ3n) is 2.49. The van der Waals surface area contributed by atoms with Gasteiger partial charge in [0.25, 0.3) is 0 Å². The molecule has 0 aliphatic rings. The van der Waals surface area contributed by atoms with Crippen molar-refractivity contribution in [3.63, 3.8) is 0 Å². The van der Waals surface area contributed by atoms with Crippen molar-refractivity contribution in [3.8, 4) is 0 Å². The molecule has 1 rings (SSSR count). The third-order valence-corrected chi connectivity index (χ3v) is 5.01. The molecule has 1 aromatic rings. The molecule has 0 aliphatic carbocycles.